The molecule has 0 heterocycles. The van der Waals surface area contributed by atoms with Gasteiger partial charge in [-0.05, 0) is 32.9 Å². The van der Waals surface area contributed by atoms with Gasteiger partial charge in [0.1, 0.15) is 0 Å². The van der Waals surface area contributed by atoms with E-state index in [9.17, 15) is 4.79 Å². The third-order valence-electron chi connectivity index (χ3n) is 3.39. The minimum absolute atomic E-state index is 0. The summed E-state index contributed by atoms with van der Waals surface area (Å²) >= 11 is 0. The Balaban J connectivity index is 0.00000289. The lowest BCUT2D eigenvalue weighted by atomic mass is 10.2. The largest absolute Gasteiger partial charge is 1.00 e. The van der Waals surface area contributed by atoms with Crippen molar-refractivity contribution in [3.8, 4) is 0 Å². The first-order valence-electron chi connectivity index (χ1n) is 6.19. The first kappa shape index (κ1) is 17.4. The third-order valence-corrected chi connectivity index (χ3v) is 3.39. The van der Waals surface area contributed by atoms with Gasteiger partial charge in [-0.1, -0.05) is 17.7 Å². The predicted octanol–water partition coefficient (Wildman–Crippen LogP) is -0.576. The number of nitrogens with zero attached hydrogens (tertiary/aromatic N) is 1. The van der Waals surface area contributed by atoms with E-state index in [0.717, 1.165) is 23.3 Å². The number of quaternary nitrogens is 1. The normalized spacial score (nSPS) is 10.7. The molecule has 0 aliphatic carbocycles. The Bertz CT molecular complexity index is 372. The predicted molar refractivity (Wildman–Crippen MR) is 71.9 cm³/mol. The maximum atomic E-state index is 11.9. The molecule has 1 aromatic rings. The van der Waals surface area contributed by atoms with Gasteiger partial charge in [0.25, 0.3) is 5.91 Å². The topological polar surface area (TPSA) is 29.1 Å². The van der Waals surface area contributed by atoms with E-state index in [1.165, 1.54) is 5.56 Å². The highest BCUT2D eigenvalue weighted by atomic mass is 127. The lowest BCUT2D eigenvalue weighted by Gasteiger charge is -2.31. The van der Waals surface area contributed by atoms with Crippen LogP contribution < -0.4 is 29.3 Å². The smallest absolute Gasteiger partial charge is 0.279 e. The fourth-order valence-electron chi connectivity index (χ4n) is 1.63. The molecule has 3 nitrogen and oxygen atoms in total. The second kappa shape index (κ2) is 7.74. The Labute approximate surface area is 127 Å². The number of benzene rings is 1. The molecule has 0 aromatic heterocycles. The first-order valence-corrected chi connectivity index (χ1v) is 6.19. The summed E-state index contributed by atoms with van der Waals surface area (Å²) in [5.41, 5.74) is 2.07. The van der Waals surface area contributed by atoms with Crippen LogP contribution in [-0.2, 0) is 4.79 Å². The number of anilines is 1. The van der Waals surface area contributed by atoms with Gasteiger partial charge < -0.3 is 33.8 Å². The van der Waals surface area contributed by atoms with E-state index in [-0.39, 0.29) is 29.9 Å². The molecule has 0 spiro atoms. The average Bonchev–Trinajstić information content (AvgIpc) is 2.32. The maximum Gasteiger partial charge on any atom is 0.279 e. The van der Waals surface area contributed by atoms with Crippen molar-refractivity contribution >= 4 is 11.6 Å². The van der Waals surface area contributed by atoms with Crippen LogP contribution in [0.15, 0.2) is 24.3 Å². The van der Waals surface area contributed by atoms with E-state index in [0.29, 0.717) is 6.54 Å². The molecular formula is C14H23IN2O. The summed E-state index contributed by atoms with van der Waals surface area (Å²) in [6.45, 7) is 8.73. The van der Waals surface area contributed by atoms with Crippen LogP contribution >= 0.6 is 0 Å². The number of hydrogen-bond donors (Lipinski definition) is 1. The highest BCUT2D eigenvalue weighted by Gasteiger charge is 2.20. The lowest BCUT2D eigenvalue weighted by molar-refractivity contribution is -0.898. The Hall–Kier alpha value is -0.620. The molecule has 18 heavy (non-hydrogen) atoms. The number of rotatable bonds is 5. The molecular weight excluding hydrogens is 339 g/mol. The van der Waals surface area contributed by atoms with Crippen molar-refractivity contribution < 1.29 is 33.3 Å². The van der Waals surface area contributed by atoms with Gasteiger partial charge in [0, 0.05) is 5.69 Å². The molecule has 1 amide bonds. The molecule has 0 fully saturated rings. The quantitative estimate of drug-likeness (QED) is 0.552. The SMILES string of the molecule is CC[N+](C)(CC)CC(=O)Nc1ccc(C)cc1.[I-]. The second-order valence-electron chi connectivity index (χ2n) is 4.82. The van der Waals surface area contributed by atoms with E-state index in [2.05, 4.69) is 26.2 Å². The van der Waals surface area contributed by atoms with Gasteiger partial charge >= 0.3 is 0 Å². The fraction of sp³-hybridized carbons (Fsp3) is 0.500. The van der Waals surface area contributed by atoms with Crippen molar-refractivity contribution in [3.63, 3.8) is 0 Å². The summed E-state index contributed by atoms with van der Waals surface area (Å²) < 4.78 is 0.775. The van der Waals surface area contributed by atoms with Gasteiger partial charge in [-0.3, -0.25) is 4.79 Å². The zero-order valence-corrected chi connectivity index (χ0v) is 13.8. The van der Waals surface area contributed by atoms with Crippen molar-refractivity contribution in [1.82, 2.24) is 0 Å². The number of amides is 1. The molecule has 0 saturated carbocycles. The molecule has 0 bridgehead atoms. The molecule has 1 rings (SSSR count). The van der Waals surface area contributed by atoms with Crippen molar-refractivity contribution in [2.75, 3.05) is 32.0 Å². The third kappa shape index (κ3) is 5.35. The zero-order chi connectivity index (χ0) is 12.9. The molecule has 0 aliphatic rings. The van der Waals surface area contributed by atoms with Crippen LogP contribution in [0.5, 0.6) is 0 Å². The number of nitrogens with one attached hydrogen (secondary N) is 1. The number of hydrogen-bond acceptors (Lipinski definition) is 1. The number of carbonyl (C=O) groups excluding carboxylic acids is 1. The van der Waals surface area contributed by atoms with Gasteiger partial charge in [0.2, 0.25) is 0 Å². The van der Waals surface area contributed by atoms with Crippen LogP contribution in [0.1, 0.15) is 19.4 Å². The van der Waals surface area contributed by atoms with Crippen LogP contribution in [0.25, 0.3) is 0 Å². The van der Waals surface area contributed by atoms with Crippen LogP contribution in [0.2, 0.25) is 0 Å². The summed E-state index contributed by atoms with van der Waals surface area (Å²) in [5.74, 6) is 0.0834. The van der Waals surface area contributed by atoms with Crippen LogP contribution in [0.4, 0.5) is 5.69 Å². The van der Waals surface area contributed by atoms with Gasteiger partial charge in [0.05, 0.1) is 20.1 Å². The molecule has 0 unspecified atom stereocenters. The first-order chi connectivity index (χ1) is 7.99. The Morgan fingerprint density at radius 3 is 2.11 bits per heavy atom. The second-order valence-corrected chi connectivity index (χ2v) is 4.82. The molecule has 0 atom stereocenters. The summed E-state index contributed by atoms with van der Waals surface area (Å²) in [4.78, 5) is 11.9. The van der Waals surface area contributed by atoms with Crippen molar-refractivity contribution in [2.24, 2.45) is 0 Å². The Morgan fingerprint density at radius 2 is 1.67 bits per heavy atom. The molecule has 4 heteroatoms. The molecule has 102 valence electrons. The van der Waals surface area contributed by atoms with Crippen molar-refractivity contribution in [3.05, 3.63) is 29.8 Å². The molecule has 0 aliphatic heterocycles. The average molecular weight is 362 g/mol. The van der Waals surface area contributed by atoms with E-state index in [1.54, 1.807) is 0 Å². The Morgan fingerprint density at radius 1 is 1.17 bits per heavy atom. The zero-order valence-electron chi connectivity index (χ0n) is 11.7. The standard InChI is InChI=1S/C14H22N2O.HI/c1-5-16(4,6-2)11-14(17)15-13-9-7-12(3)8-10-13;/h7-10H,5-6,11H2,1-4H3;1H. The van der Waals surface area contributed by atoms with E-state index in [4.69, 9.17) is 0 Å². The Kier molecular flexibility index (Phi) is 7.47. The highest BCUT2D eigenvalue weighted by molar-refractivity contribution is 5.91. The van der Waals surface area contributed by atoms with Crippen LogP contribution in [0, 0.1) is 6.92 Å². The molecule has 0 saturated heterocycles. The van der Waals surface area contributed by atoms with Gasteiger partial charge in [-0.15, -0.1) is 0 Å². The monoisotopic (exact) mass is 362 g/mol. The van der Waals surface area contributed by atoms with Crippen molar-refractivity contribution in [2.45, 2.75) is 20.8 Å². The number of likely N-dealkylation sites (N-methyl/N-ethyl adjacent to an activating group) is 1. The van der Waals surface area contributed by atoms with E-state index >= 15 is 0 Å². The fourth-order valence-corrected chi connectivity index (χ4v) is 1.63. The van der Waals surface area contributed by atoms with Crippen LogP contribution in [-0.4, -0.2) is 37.1 Å². The summed E-state index contributed by atoms with van der Waals surface area (Å²) in [5, 5.41) is 2.94. The maximum absolute atomic E-state index is 11.9. The molecule has 1 N–H and O–H groups in total. The van der Waals surface area contributed by atoms with Crippen LogP contribution in [0.3, 0.4) is 0 Å². The van der Waals surface area contributed by atoms with Gasteiger partial charge in [-0.2, -0.15) is 0 Å². The molecule has 1 aromatic carbocycles. The number of carbonyl (C=O) groups is 1. The van der Waals surface area contributed by atoms with Crippen molar-refractivity contribution in [1.29, 1.82) is 0 Å². The lowest BCUT2D eigenvalue weighted by Crippen LogP contribution is -3.00. The van der Waals surface area contributed by atoms with E-state index < -0.39 is 0 Å². The van der Waals surface area contributed by atoms with Gasteiger partial charge in [0.15, 0.2) is 6.54 Å². The van der Waals surface area contributed by atoms with Gasteiger partial charge in [-0.25, -0.2) is 0 Å². The minimum Gasteiger partial charge on any atom is -1.00 e. The summed E-state index contributed by atoms with van der Waals surface area (Å²) in [6.07, 6.45) is 0. The van der Waals surface area contributed by atoms with E-state index in [1.807, 2.05) is 31.2 Å². The number of halogens is 1. The molecule has 0 radical (unpaired) electrons. The summed E-state index contributed by atoms with van der Waals surface area (Å²) in [7, 11) is 2.11. The minimum atomic E-state index is 0. The number of aryl methyl sites for hydroxylation is 1. The highest BCUT2D eigenvalue weighted by Crippen LogP contribution is 2.09. The summed E-state index contributed by atoms with van der Waals surface area (Å²) in [6, 6.07) is 7.89.